The highest BCUT2D eigenvalue weighted by atomic mass is 32.2. The van der Waals surface area contributed by atoms with Gasteiger partial charge in [0.25, 0.3) is 0 Å². The highest BCUT2D eigenvalue weighted by Gasteiger charge is 1.96. The van der Waals surface area contributed by atoms with Gasteiger partial charge in [-0.15, -0.1) is 11.8 Å². The van der Waals surface area contributed by atoms with E-state index in [0.717, 1.165) is 10.5 Å². The van der Waals surface area contributed by atoms with Crippen molar-refractivity contribution in [1.29, 1.82) is 0 Å². The summed E-state index contributed by atoms with van der Waals surface area (Å²) < 4.78 is 4.48. The fourth-order valence-electron chi connectivity index (χ4n) is 0.796. The van der Waals surface area contributed by atoms with Crippen LogP contribution in [0.3, 0.4) is 0 Å². The van der Waals surface area contributed by atoms with E-state index in [-0.39, 0.29) is 5.97 Å². The van der Waals surface area contributed by atoms with Crippen molar-refractivity contribution in [3.8, 4) is 0 Å². The highest BCUT2D eigenvalue weighted by molar-refractivity contribution is 8.02. The molecule has 0 aromatic heterocycles. The zero-order valence-corrected chi connectivity index (χ0v) is 9.26. The van der Waals surface area contributed by atoms with Crippen LogP contribution < -0.4 is 0 Å². The summed E-state index contributed by atoms with van der Waals surface area (Å²) in [5, 5.41) is 0. The van der Waals surface area contributed by atoms with E-state index in [1.165, 1.54) is 13.2 Å². The molecular weight excluding hydrogens is 196 g/mol. The van der Waals surface area contributed by atoms with Crippen LogP contribution in [0.2, 0.25) is 0 Å². The van der Waals surface area contributed by atoms with E-state index in [0.29, 0.717) is 0 Å². The van der Waals surface area contributed by atoms with E-state index in [4.69, 9.17) is 0 Å². The van der Waals surface area contributed by atoms with Gasteiger partial charge in [0.05, 0.1) is 7.11 Å². The van der Waals surface area contributed by atoms with Crippen LogP contribution in [-0.2, 0) is 9.53 Å². The number of methoxy groups -OCH3 is 1. The van der Waals surface area contributed by atoms with Gasteiger partial charge in [0.15, 0.2) is 0 Å². The van der Waals surface area contributed by atoms with Crippen molar-refractivity contribution in [2.24, 2.45) is 0 Å². The number of allylic oxidation sites excluding steroid dienone is 4. The largest absolute Gasteiger partial charge is 0.466 e. The molecule has 0 aromatic carbocycles. The summed E-state index contributed by atoms with van der Waals surface area (Å²) >= 11 is 1.55. The Morgan fingerprint density at radius 2 is 1.93 bits per heavy atom. The number of hydrogen-bond acceptors (Lipinski definition) is 3. The fourth-order valence-corrected chi connectivity index (χ4v) is 1.35. The van der Waals surface area contributed by atoms with Crippen LogP contribution in [0.15, 0.2) is 47.9 Å². The number of ether oxygens (including phenoxy) is 1. The topological polar surface area (TPSA) is 26.3 Å². The zero-order valence-electron chi connectivity index (χ0n) is 8.45. The normalized spacial score (nSPS) is 12.1. The first-order valence-corrected chi connectivity index (χ1v) is 5.21. The second kappa shape index (κ2) is 7.21. The average molecular weight is 210 g/mol. The summed E-state index contributed by atoms with van der Waals surface area (Å²) in [4.78, 5) is 11.8. The quantitative estimate of drug-likeness (QED) is 0.396. The van der Waals surface area contributed by atoms with Gasteiger partial charge in [0, 0.05) is 11.0 Å². The molecule has 14 heavy (non-hydrogen) atoms. The number of hydrogen-bond donors (Lipinski definition) is 0. The SMILES string of the molecule is C=CC(/C=C/C(=O)OC)=C(\C=C)SC. The van der Waals surface area contributed by atoms with Crippen molar-refractivity contribution < 1.29 is 9.53 Å². The summed E-state index contributed by atoms with van der Waals surface area (Å²) in [6.07, 6.45) is 8.35. The molecule has 0 saturated carbocycles. The number of esters is 1. The first-order valence-electron chi connectivity index (χ1n) is 3.98. The van der Waals surface area contributed by atoms with Crippen LogP contribution in [0.25, 0.3) is 0 Å². The monoisotopic (exact) mass is 210 g/mol. The molecule has 0 N–H and O–H groups in total. The number of rotatable bonds is 5. The minimum Gasteiger partial charge on any atom is -0.466 e. The Labute approximate surface area is 89.0 Å². The maximum Gasteiger partial charge on any atom is 0.330 e. The Balaban J connectivity index is 4.81. The molecule has 2 nitrogen and oxygen atoms in total. The van der Waals surface area contributed by atoms with Gasteiger partial charge in [0.2, 0.25) is 0 Å². The van der Waals surface area contributed by atoms with Crippen LogP contribution in [0.4, 0.5) is 0 Å². The molecule has 0 amide bonds. The molecule has 0 aliphatic heterocycles. The van der Waals surface area contributed by atoms with E-state index >= 15 is 0 Å². The molecule has 0 heterocycles. The summed E-state index contributed by atoms with van der Waals surface area (Å²) in [5.74, 6) is -0.381. The third-order valence-corrected chi connectivity index (χ3v) is 2.35. The smallest absolute Gasteiger partial charge is 0.330 e. The van der Waals surface area contributed by atoms with Crippen LogP contribution in [0, 0.1) is 0 Å². The zero-order chi connectivity index (χ0) is 11.0. The maximum absolute atomic E-state index is 10.8. The van der Waals surface area contributed by atoms with E-state index in [1.54, 1.807) is 30.0 Å². The Morgan fingerprint density at radius 3 is 2.29 bits per heavy atom. The van der Waals surface area contributed by atoms with Gasteiger partial charge in [-0.3, -0.25) is 0 Å². The first kappa shape index (κ1) is 12.8. The van der Waals surface area contributed by atoms with Gasteiger partial charge in [-0.1, -0.05) is 25.3 Å². The van der Waals surface area contributed by atoms with Crippen LogP contribution in [-0.4, -0.2) is 19.3 Å². The summed E-state index contributed by atoms with van der Waals surface area (Å²) in [5.41, 5.74) is 0.859. The third-order valence-electron chi connectivity index (χ3n) is 1.51. The minimum absolute atomic E-state index is 0.381. The van der Waals surface area contributed by atoms with Crippen molar-refractivity contribution >= 4 is 17.7 Å². The first-order chi connectivity index (χ1) is 6.69. The number of carbonyl (C=O) groups is 1. The Hall–Kier alpha value is -1.22. The summed E-state index contributed by atoms with van der Waals surface area (Å²) in [6.45, 7) is 7.33. The van der Waals surface area contributed by atoms with Crippen molar-refractivity contribution in [3.05, 3.63) is 47.9 Å². The number of thioether (sulfide) groups is 1. The van der Waals surface area contributed by atoms with Gasteiger partial charge in [0.1, 0.15) is 0 Å². The molecule has 0 aliphatic rings. The van der Waals surface area contributed by atoms with Crippen LogP contribution in [0.1, 0.15) is 0 Å². The van der Waals surface area contributed by atoms with E-state index in [2.05, 4.69) is 17.9 Å². The molecule has 0 fully saturated rings. The second-order valence-corrected chi connectivity index (χ2v) is 3.14. The van der Waals surface area contributed by atoms with Gasteiger partial charge < -0.3 is 4.74 Å². The maximum atomic E-state index is 10.8. The molecule has 3 heteroatoms. The molecule has 0 bridgehead atoms. The molecule has 0 saturated heterocycles. The van der Waals surface area contributed by atoms with E-state index < -0.39 is 0 Å². The standard InChI is InChI=1S/C11H14O2S/c1-5-9(10(6-2)14-4)7-8-11(12)13-3/h5-8H,1-2H2,3-4H3/b8-7+,10-9-. The van der Waals surface area contributed by atoms with Gasteiger partial charge in [-0.05, 0) is 17.9 Å². The van der Waals surface area contributed by atoms with Gasteiger partial charge in [-0.25, -0.2) is 4.79 Å². The van der Waals surface area contributed by atoms with Crippen molar-refractivity contribution in [1.82, 2.24) is 0 Å². The van der Waals surface area contributed by atoms with Crippen molar-refractivity contribution in [3.63, 3.8) is 0 Å². The molecule has 0 spiro atoms. The average Bonchev–Trinajstić information content (AvgIpc) is 2.23. The molecule has 0 aliphatic carbocycles. The molecule has 0 aromatic rings. The predicted molar refractivity (Wildman–Crippen MR) is 62.1 cm³/mol. The summed E-state index contributed by atoms with van der Waals surface area (Å²) in [6, 6.07) is 0. The van der Waals surface area contributed by atoms with Crippen LogP contribution in [0.5, 0.6) is 0 Å². The van der Waals surface area contributed by atoms with Crippen molar-refractivity contribution in [2.45, 2.75) is 0 Å². The molecular formula is C11H14O2S. The Morgan fingerprint density at radius 1 is 1.29 bits per heavy atom. The lowest BCUT2D eigenvalue weighted by atomic mass is 10.2. The third kappa shape index (κ3) is 4.14. The van der Waals surface area contributed by atoms with Crippen LogP contribution >= 0.6 is 11.8 Å². The molecule has 76 valence electrons. The number of carbonyl (C=O) groups excluding carboxylic acids is 1. The molecule has 0 rings (SSSR count). The second-order valence-electron chi connectivity index (χ2n) is 2.29. The molecule has 0 atom stereocenters. The van der Waals surface area contributed by atoms with E-state index in [9.17, 15) is 4.79 Å². The fraction of sp³-hybridized carbons (Fsp3) is 0.182. The Kier molecular flexibility index (Phi) is 6.58. The highest BCUT2D eigenvalue weighted by Crippen LogP contribution is 2.19. The summed E-state index contributed by atoms with van der Waals surface area (Å²) in [7, 11) is 1.34. The lowest BCUT2D eigenvalue weighted by Crippen LogP contribution is -1.93. The lowest BCUT2D eigenvalue weighted by molar-refractivity contribution is -0.134. The predicted octanol–water partition coefficient (Wildman–Crippen LogP) is 2.70. The van der Waals surface area contributed by atoms with Gasteiger partial charge in [-0.2, -0.15) is 0 Å². The van der Waals surface area contributed by atoms with Crippen molar-refractivity contribution in [2.75, 3.05) is 13.4 Å². The van der Waals surface area contributed by atoms with E-state index in [1.807, 2.05) is 6.26 Å². The Bertz CT molecular complexity index is 288. The minimum atomic E-state index is -0.381. The molecule has 0 radical (unpaired) electrons. The lowest BCUT2D eigenvalue weighted by Gasteiger charge is -2.00. The van der Waals surface area contributed by atoms with Gasteiger partial charge >= 0.3 is 5.97 Å². The molecule has 0 unspecified atom stereocenters.